The van der Waals surface area contributed by atoms with Crippen LogP contribution in [0.25, 0.3) is 11.1 Å². The van der Waals surface area contributed by atoms with Crippen LogP contribution in [0.4, 0.5) is 15.8 Å². The molecule has 7 nitrogen and oxygen atoms in total. The molecule has 4 heterocycles. The molecule has 1 aromatic heterocycles. The number of anilines is 2. The van der Waals surface area contributed by atoms with Gasteiger partial charge in [-0.3, -0.25) is 4.79 Å². The predicted octanol–water partition coefficient (Wildman–Crippen LogP) is 4.43. The number of nitrogens with zero attached hydrogens (tertiary/aromatic N) is 3. The molecule has 3 aromatic rings. The van der Waals surface area contributed by atoms with E-state index in [1.807, 2.05) is 18.2 Å². The minimum Gasteiger partial charge on any atom is -0.382 e. The van der Waals surface area contributed by atoms with Crippen LogP contribution in [0.1, 0.15) is 42.6 Å². The summed E-state index contributed by atoms with van der Waals surface area (Å²) >= 11 is 0. The topological polar surface area (TPSA) is 76.3 Å². The maximum Gasteiger partial charge on any atom is 0.257 e. The Labute approximate surface area is 216 Å². The van der Waals surface area contributed by atoms with Crippen molar-refractivity contribution >= 4 is 28.4 Å². The lowest BCUT2D eigenvalue weighted by Crippen LogP contribution is -2.42. The van der Waals surface area contributed by atoms with Crippen molar-refractivity contribution in [3.8, 4) is 0 Å². The van der Waals surface area contributed by atoms with Gasteiger partial charge in [-0.05, 0) is 74.7 Å². The Balaban J connectivity index is 1.21. The Morgan fingerprint density at radius 3 is 2.54 bits per heavy atom. The number of hydrogen-bond donors (Lipinski definition) is 3. The first-order valence-electron chi connectivity index (χ1n) is 13.3. The van der Waals surface area contributed by atoms with E-state index in [0.717, 1.165) is 49.4 Å². The van der Waals surface area contributed by atoms with Gasteiger partial charge in [0.05, 0.1) is 5.57 Å². The fraction of sp³-hybridized carbons (Fsp3) is 0.379. The Kier molecular flexibility index (Phi) is 6.76. The highest BCUT2D eigenvalue weighted by Crippen LogP contribution is 2.40. The van der Waals surface area contributed by atoms with E-state index in [0.29, 0.717) is 28.6 Å². The lowest BCUT2D eigenvalue weighted by molar-refractivity contribution is -0.110. The van der Waals surface area contributed by atoms with Crippen molar-refractivity contribution in [1.29, 1.82) is 0 Å². The molecular formula is C29H33FN6O. The second kappa shape index (κ2) is 10.5. The number of halogens is 1. The molecule has 0 spiro atoms. The number of nitrogens with one attached hydrogen (secondary N) is 3. The van der Waals surface area contributed by atoms with Gasteiger partial charge in [-0.1, -0.05) is 12.1 Å². The molecule has 0 saturated carbocycles. The average molecular weight is 501 g/mol. The summed E-state index contributed by atoms with van der Waals surface area (Å²) < 4.78 is 14.2. The zero-order valence-electron chi connectivity index (χ0n) is 21.0. The van der Waals surface area contributed by atoms with Crippen LogP contribution in [0.5, 0.6) is 0 Å². The van der Waals surface area contributed by atoms with Gasteiger partial charge in [-0.15, -0.1) is 0 Å². The van der Waals surface area contributed by atoms with Crippen molar-refractivity contribution in [2.24, 2.45) is 0 Å². The van der Waals surface area contributed by atoms with Crippen LogP contribution >= 0.6 is 0 Å². The summed E-state index contributed by atoms with van der Waals surface area (Å²) in [7, 11) is 0. The molecule has 2 fully saturated rings. The zero-order valence-corrected chi connectivity index (χ0v) is 21.0. The maximum absolute atomic E-state index is 14.2. The van der Waals surface area contributed by atoms with Gasteiger partial charge in [-0.2, -0.15) is 0 Å². The molecule has 2 saturated heterocycles. The van der Waals surface area contributed by atoms with Crippen LogP contribution in [-0.2, 0) is 4.79 Å². The molecule has 37 heavy (non-hydrogen) atoms. The molecule has 1 amide bonds. The summed E-state index contributed by atoms with van der Waals surface area (Å²) in [6.07, 6.45) is 8.22. The molecule has 0 radical (unpaired) electrons. The van der Waals surface area contributed by atoms with Crippen molar-refractivity contribution in [1.82, 2.24) is 19.8 Å². The number of carbonyl (C=O) groups is 1. The van der Waals surface area contributed by atoms with E-state index in [2.05, 4.69) is 30.4 Å². The van der Waals surface area contributed by atoms with E-state index in [4.69, 9.17) is 0 Å². The number of aromatic nitrogens is 2. The summed E-state index contributed by atoms with van der Waals surface area (Å²) in [5.41, 5.74) is 4.23. The largest absolute Gasteiger partial charge is 0.382 e. The van der Waals surface area contributed by atoms with Gasteiger partial charge >= 0.3 is 0 Å². The number of carbonyl (C=O) groups excluding carboxylic acids is 1. The molecule has 3 aliphatic rings. The second-order valence-electron chi connectivity index (χ2n) is 10.2. The van der Waals surface area contributed by atoms with Crippen molar-refractivity contribution in [2.75, 3.05) is 49.9 Å². The smallest absolute Gasteiger partial charge is 0.257 e. The number of H-pyrrole nitrogens is 1. The Bertz CT molecular complexity index is 1290. The number of aromatic amines is 1. The minimum atomic E-state index is -0.358. The SMILES string of the molecule is O=C1Nc2ccc(NC3CCN(CCN4CCCC4)CC3)cc2C1=C(c1cccc(F)c1)c1ncc[nH]1. The number of rotatable bonds is 7. The summed E-state index contributed by atoms with van der Waals surface area (Å²) in [5, 5.41) is 6.68. The first kappa shape index (κ1) is 23.9. The second-order valence-corrected chi connectivity index (χ2v) is 10.2. The standard InChI is InChI=1S/C29H33FN6O/c30-21-5-3-4-20(18-21)26(28-31-10-11-32-28)27-24-19-23(6-7-25(24)34-29(27)37)33-22-8-14-36(15-9-22)17-16-35-12-1-2-13-35/h3-7,10-11,18-19,22,33H,1-2,8-9,12-17H2,(H,31,32)(H,34,37). The fourth-order valence-electron chi connectivity index (χ4n) is 5.78. The highest BCUT2D eigenvalue weighted by atomic mass is 19.1. The molecule has 192 valence electrons. The third kappa shape index (κ3) is 5.17. The van der Waals surface area contributed by atoms with E-state index < -0.39 is 0 Å². The number of fused-ring (bicyclic) bond motifs is 1. The number of hydrogen-bond acceptors (Lipinski definition) is 5. The van der Waals surface area contributed by atoms with Gasteiger partial charge < -0.3 is 25.4 Å². The molecular weight excluding hydrogens is 467 g/mol. The van der Waals surface area contributed by atoms with Gasteiger partial charge in [0.15, 0.2) is 0 Å². The van der Waals surface area contributed by atoms with E-state index in [1.165, 1.54) is 44.6 Å². The summed E-state index contributed by atoms with van der Waals surface area (Å²) in [4.78, 5) is 25.8. The van der Waals surface area contributed by atoms with Gasteiger partial charge in [0.2, 0.25) is 0 Å². The molecule has 0 atom stereocenters. The van der Waals surface area contributed by atoms with Gasteiger partial charge in [0, 0.05) is 67.1 Å². The first-order chi connectivity index (χ1) is 18.1. The minimum absolute atomic E-state index is 0.214. The van der Waals surface area contributed by atoms with E-state index >= 15 is 0 Å². The van der Waals surface area contributed by atoms with Crippen LogP contribution in [0.3, 0.4) is 0 Å². The van der Waals surface area contributed by atoms with E-state index in [9.17, 15) is 9.18 Å². The zero-order chi connectivity index (χ0) is 25.2. The Hall–Kier alpha value is -3.49. The van der Waals surface area contributed by atoms with Crippen molar-refractivity contribution in [3.05, 3.63) is 77.6 Å². The Morgan fingerprint density at radius 1 is 1.03 bits per heavy atom. The quantitative estimate of drug-likeness (QED) is 0.419. The molecule has 0 aliphatic carbocycles. The van der Waals surface area contributed by atoms with Crippen LogP contribution in [0, 0.1) is 5.82 Å². The van der Waals surface area contributed by atoms with Gasteiger partial charge in [0.1, 0.15) is 11.6 Å². The molecule has 3 N–H and O–H groups in total. The third-order valence-electron chi connectivity index (χ3n) is 7.75. The average Bonchev–Trinajstić information content (AvgIpc) is 3.67. The highest BCUT2D eigenvalue weighted by Gasteiger charge is 2.30. The van der Waals surface area contributed by atoms with Crippen molar-refractivity contribution < 1.29 is 9.18 Å². The number of likely N-dealkylation sites (tertiary alicyclic amines) is 2. The predicted molar refractivity (Wildman–Crippen MR) is 145 cm³/mol. The fourth-order valence-corrected chi connectivity index (χ4v) is 5.78. The number of benzene rings is 2. The first-order valence-corrected chi connectivity index (χ1v) is 13.3. The molecule has 2 aromatic carbocycles. The highest BCUT2D eigenvalue weighted by molar-refractivity contribution is 6.38. The van der Waals surface area contributed by atoms with Crippen LogP contribution < -0.4 is 10.6 Å². The monoisotopic (exact) mass is 500 g/mol. The third-order valence-corrected chi connectivity index (χ3v) is 7.75. The molecule has 8 heteroatoms. The molecule has 6 rings (SSSR count). The van der Waals surface area contributed by atoms with Gasteiger partial charge in [0.25, 0.3) is 5.91 Å². The molecule has 3 aliphatic heterocycles. The lowest BCUT2D eigenvalue weighted by Gasteiger charge is -2.33. The summed E-state index contributed by atoms with van der Waals surface area (Å²) in [6.45, 7) is 7.05. The normalized spacial score (nSPS) is 20.2. The number of imidazole rings is 1. The van der Waals surface area contributed by atoms with Crippen LogP contribution in [0.2, 0.25) is 0 Å². The Morgan fingerprint density at radius 2 is 1.81 bits per heavy atom. The summed E-state index contributed by atoms with van der Waals surface area (Å²) in [6, 6.07) is 12.7. The number of amides is 1. The van der Waals surface area contributed by atoms with Crippen LogP contribution in [-0.4, -0.2) is 71.0 Å². The molecule has 0 bridgehead atoms. The summed E-state index contributed by atoms with van der Waals surface area (Å²) in [5.74, 6) is -0.0413. The number of piperidine rings is 1. The van der Waals surface area contributed by atoms with Gasteiger partial charge in [-0.25, -0.2) is 9.37 Å². The van der Waals surface area contributed by atoms with Crippen molar-refractivity contribution in [2.45, 2.75) is 31.7 Å². The lowest BCUT2D eigenvalue weighted by atomic mass is 9.94. The van der Waals surface area contributed by atoms with E-state index in [1.54, 1.807) is 24.5 Å². The maximum atomic E-state index is 14.2. The van der Waals surface area contributed by atoms with Crippen molar-refractivity contribution in [3.63, 3.8) is 0 Å². The van der Waals surface area contributed by atoms with E-state index in [-0.39, 0.29) is 11.7 Å². The molecule has 0 unspecified atom stereocenters. The van der Waals surface area contributed by atoms with Crippen LogP contribution in [0.15, 0.2) is 54.9 Å².